The molecule has 1 aromatic heterocycles. The lowest BCUT2D eigenvalue weighted by Gasteiger charge is -2.32. The maximum atomic E-state index is 12.5. The van der Waals surface area contributed by atoms with Crippen molar-refractivity contribution >= 4 is 23.1 Å². The van der Waals surface area contributed by atoms with Gasteiger partial charge >= 0.3 is 0 Å². The van der Waals surface area contributed by atoms with Crippen LogP contribution in [0.15, 0.2) is 18.5 Å². The van der Waals surface area contributed by atoms with Crippen LogP contribution in [0.2, 0.25) is 0 Å². The molecule has 1 aliphatic rings. The van der Waals surface area contributed by atoms with E-state index in [1.54, 1.807) is 23.4 Å². The Bertz CT molecular complexity index is 493. The van der Waals surface area contributed by atoms with Crippen LogP contribution >= 0.6 is 12.2 Å². The molecule has 102 valence electrons. The van der Waals surface area contributed by atoms with Crippen molar-refractivity contribution in [1.29, 1.82) is 0 Å². The van der Waals surface area contributed by atoms with Crippen LogP contribution in [-0.4, -0.2) is 41.0 Å². The Morgan fingerprint density at radius 2 is 2.42 bits per heavy atom. The van der Waals surface area contributed by atoms with Crippen LogP contribution in [0.3, 0.4) is 0 Å². The number of nitrogens with two attached hydrogens (primary N) is 1. The van der Waals surface area contributed by atoms with E-state index in [9.17, 15) is 4.79 Å². The normalized spacial score (nSPS) is 19.0. The number of nitrogens with zero attached hydrogens (tertiary/aromatic N) is 2. The smallest absolute Gasteiger partial charge is 0.257 e. The van der Waals surface area contributed by atoms with Crippen molar-refractivity contribution < 1.29 is 9.53 Å². The van der Waals surface area contributed by atoms with Gasteiger partial charge in [0, 0.05) is 25.2 Å². The molecule has 1 saturated heterocycles. The Morgan fingerprint density at radius 1 is 1.63 bits per heavy atom. The summed E-state index contributed by atoms with van der Waals surface area (Å²) in [6, 6.07) is 1.67. The summed E-state index contributed by atoms with van der Waals surface area (Å²) in [5, 5.41) is 0. The fraction of sp³-hybridized carbons (Fsp3) is 0.462. The van der Waals surface area contributed by atoms with Crippen LogP contribution in [0.4, 0.5) is 0 Å². The van der Waals surface area contributed by atoms with E-state index in [2.05, 4.69) is 4.98 Å². The highest BCUT2D eigenvalue weighted by Gasteiger charge is 2.27. The van der Waals surface area contributed by atoms with Crippen LogP contribution < -0.4 is 10.5 Å². The molecule has 1 amide bonds. The third-order valence-corrected chi connectivity index (χ3v) is 3.68. The summed E-state index contributed by atoms with van der Waals surface area (Å²) in [5.74, 6) is 0.547. The molecule has 0 radical (unpaired) electrons. The summed E-state index contributed by atoms with van der Waals surface area (Å²) in [6.45, 7) is 1.31. The summed E-state index contributed by atoms with van der Waals surface area (Å²) >= 11 is 5.03. The number of carbonyl (C=O) groups excluding carboxylic acids is 1. The number of carbonyl (C=O) groups is 1. The van der Waals surface area contributed by atoms with Crippen LogP contribution in [0.1, 0.15) is 23.2 Å². The molecule has 0 aliphatic carbocycles. The Hall–Kier alpha value is -1.69. The summed E-state index contributed by atoms with van der Waals surface area (Å²) in [7, 11) is 1.53. The second-order valence-electron chi connectivity index (χ2n) is 4.57. The summed E-state index contributed by atoms with van der Waals surface area (Å²) in [5.41, 5.74) is 6.21. The van der Waals surface area contributed by atoms with Gasteiger partial charge in [-0.1, -0.05) is 12.2 Å². The van der Waals surface area contributed by atoms with Gasteiger partial charge in [-0.15, -0.1) is 0 Å². The number of amides is 1. The van der Waals surface area contributed by atoms with Gasteiger partial charge in [0.25, 0.3) is 5.91 Å². The molecule has 2 heterocycles. The van der Waals surface area contributed by atoms with E-state index in [0.717, 1.165) is 19.4 Å². The second kappa shape index (κ2) is 5.97. The van der Waals surface area contributed by atoms with E-state index in [4.69, 9.17) is 22.7 Å². The van der Waals surface area contributed by atoms with Crippen molar-refractivity contribution in [1.82, 2.24) is 9.88 Å². The molecule has 0 bridgehead atoms. The van der Waals surface area contributed by atoms with E-state index >= 15 is 0 Å². The molecular weight excluding hydrogens is 262 g/mol. The van der Waals surface area contributed by atoms with Crippen molar-refractivity contribution in [3.05, 3.63) is 24.0 Å². The van der Waals surface area contributed by atoms with Gasteiger partial charge in [0.2, 0.25) is 0 Å². The molecule has 2 N–H and O–H groups in total. The number of likely N-dealkylation sites (tertiary alicyclic amines) is 1. The molecule has 1 fully saturated rings. The third kappa shape index (κ3) is 3.01. The minimum absolute atomic E-state index is 0.0554. The Morgan fingerprint density at radius 3 is 3.11 bits per heavy atom. The SMILES string of the molecule is COc1cnccc1C(=O)N1CCCC(C(N)=S)C1. The summed E-state index contributed by atoms with van der Waals surface area (Å²) in [4.78, 5) is 18.7. The average Bonchev–Trinajstić information content (AvgIpc) is 2.46. The molecule has 1 unspecified atom stereocenters. The first-order chi connectivity index (χ1) is 9.13. The maximum absolute atomic E-state index is 12.5. The first-order valence-corrected chi connectivity index (χ1v) is 6.61. The monoisotopic (exact) mass is 279 g/mol. The molecule has 5 nitrogen and oxygen atoms in total. The fourth-order valence-electron chi connectivity index (χ4n) is 2.28. The predicted octanol–water partition coefficient (Wildman–Crippen LogP) is 1.23. The summed E-state index contributed by atoms with van der Waals surface area (Å²) < 4.78 is 5.17. The van der Waals surface area contributed by atoms with Gasteiger partial charge in [-0.2, -0.15) is 0 Å². The number of ether oxygens (including phenoxy) is 1. The Labute approximate surface area is 117 Å². The first kappa shape index (κ1) is 13.7. The molecule has 2 rings (SSSR count). The van der Waals surface area contributed by atoms with Crippen molar-refractivity contribution in [2.45, 2.75) is 12.8 Å². The minimum atomic E-state index is -0.0554. The van der Waals surface area contributed by atoms with Crippen molar-refractivity contribution in [3.8, 4) is 5.75 Å². The lowest BCUT2D eigenvalue weighted by Crippen LogP contribution is -2.43. The van der Waals surface area contributed by atoms with E-state index in [0.29, 0.717) is 22.8 Å². The molecule has 1 atom stereocenters. The first-order valence-electron chi connectivity index (χ1n) is 6.20. The lowest BCUT2D eigenvalue weighted by molar-refractivity contribution is 0.0700. The van der Waals surface area contributed by atoms with Gasteiger partial charge in [-0.3, -0.25) is 9.78 Å². The van der Waals surface area contributed by atoms with Crippen molar-refractivity contribution in [3.63, 3.8) is 0 Å². The maximum Gasteiger partial charge on any atom is 0.257 e. The standard InChI is InChI=1S/C13H17N3O2S/c1-18-11-7-15-5-4-10(11)13(17)16-6-2-3-9(8-16)12(14)19/h4-5,7,9H,2-3,6,8H2,1H3,(H2,14,19). The number of rotatable bonds is 3. The van der Waals surface area contributed by atoms with Gasteiger partial charge in [0.1, 0.15) is 5.75 Å². The molecular formula is C13H17N3O2S. The Balaban J connectivity index is 2.17. The number of thiocarbonyl (C=S) groups is 1. The average molecular weight is 279 g/mol. The zero-order valence-corrected chi connectivity index (χ0v) is 11.7. The molecule has 0 spiro atoms. The van der Waals surface area contributed by atoms with E-state index in [1.165, 1.54) is 7.11 Å². The van der Waals surface area contributed by atoms with Gasteiger partial charge in [0.05, 0.1) is 23.9 Å². The van der Waals surface area contributed by atoms with E-state index in [-0.39, 0.29) is 11.8 Å². The van der Waals surface area contributed by atoms with Gasteiger partial charge in [0.15, 0.2) is 0 Å². The third-order valence-electron chi connectivity index (χ3n) is 3.35. The van der Waals surface area contributed by atoms with Gasteiger partial charge in [-0.25, -0.2) is 0 Å². The highest BCUT2D eigenvalue weighted by atomic mass is 32.1. The van der Waals surface area contributed by atoms with Crippen molar-refractivity contribution in [2.24, 2.45) is 11.7 Å². The van der Waals surface area contributed by atoms with E-state index in [1.807, 2.05) is 0 Å². The van der Waals surface area contributed by atoms with E-state index < -0.39 is 0 Å². The minimum Gasteiger partial charge on any atom is -0.494 e. The molecule has 0 aromatic carbocycles. The molecule has 1 aliphatic heterocycles. The number of aromatic nitrogens is 1. The number of methoxy groups -OCH3 is 1. The number of piperidine rings is 1. The highest BCUT2D eigenvalue weighted by molar-refractivity contribution is 7.80. The number of pyridine rings is 1. The number of hydrogen-bond donors (Lipinski definition) is 1. The lowest BCUT2D eigenvalue weighted by atomic mass is 9.97. The van der Waals surface area contributed by atoms with Crippen LogP contribution in [0.25, 0.3) is 0 Å². The molecule has 1 aromatic rings. The topological polar surface area (TPSA) is 68.5 Å². The zero-order chi connectivity index (χ0) is 13.8. The Kier molecular flexibility index (Phi) is 4.31. The van der Waals surface area contributed by atoms with Gasteiger partial charge in [-0.05, 0) is 18.9 Å². The predicted molar refractivity (Wildman–Crippen MR) is 76.2 cm³/mol. The number of hydrogen-bond acceptors (Lipinski definition) is 4. The molecule has 0 saturated carbocycles. The quantitative estimate of drug-likeness (QED) is 0.843. The highest BCUT2D eigenvalue weighted by Crippen LogP contribution is 2.22. The molecule has 19 heavy (non-hydrogen) atoms. The zero-order valence-electron chi connectivity index (χ0n) is 10.8. The largest absolute Gasteiger partial charge is 0.494 e. The van der Waals surface area contributed by atoms with Crippen LogP contribution in [-0.2, 0) is 0 Å². The summed E-state index contributed by atoms with van der Waals surface area (Å²) in [6.07, 6.45) is 5.00. The van der Waals surface area contributed by atoms with Crippen LogP contribution in [0.5, 0.6) is 5.75 Å². The van der Waals surface area contributed by atoms with Crippen molar-refractivity contribution in [2.75, 3.05) is 20.2 Å². The van der Waals surface area contributed by atoms with Crippen LogP contribution in [0, 0.1) is 5.92 Å². The van der Waals surface area contributed by atoms with Gasteiger partial charge < -0.3 is 15.4 Å². The molecule has 6 heteroatoms. The fourth-order valence-corrected chi connectivity index (χ4v) is 2.48. The second-order valence-corrected chi connectivity index (χ2v) is 5.04.